The SMILES string of the molecule is COc1ccc(CCNC(N)=NCc2ccc(OCCN(C)C)cc2)cc1. The molecule has 3 N–H and O–H groups in total. The number of likely N-dealkylation sites (N-methyl/N-ethyl adjacent to an activating group) is 1. The Morgan fingerprint density at radius 2 is 1.63 bits per heavy atom. The molecule has 0 aliphatic rings. The van der Waals surface area contributed by atoms with Crippen molar-refractivity contribution in [2.45, 2.75) is 13.0 Å². The molecule has 0 unspecified atom stereocenters. The van der Waals surface area contributed by atoms with Crippen LogP contribution in [-0.4, -0.2) is 51.8 Å². The number of ether oxygens (including phenoxy) is 2. The standard InChI is InChI=1S/C21H30N4O2/c1-25(2)14-15-27-20-10-6-18(7-11-20)16-24-21(22)23-13-12-17-4-8-19(26-3)9-5-17/h4-11H,12-16H2,1-3H3,(H3,22,23,24). The summed E-state index contributed by atoms with van der Waals surface area (Å²) in [5.41, 5.74) is 8.26. The summed E-state index contributed by atoms with van der Waals surface area (Å²) in [6, 6.07) is 16.0. The van der Waals surface area contributed by atoms with Gasteiger partial charge in [-0.1, -0.05) is 24.3 Å². The lowest BCUT2D eigenvalue weighted by Gasteiger charge is -2.11. The molecule has 2 aromatic carbocycles. The Labute approximate surface area is 162 Å². The van der Waals surface area contributed by atoms with E-state index in [0.29, 0.717) is 19.1 Å². The fraction of sp³-hybridized carbons (Fsp3) is 0.381. The molecule has 0 bridgehead atoms. The Hall–Kier alpha value is -2.73. The Balaban J connectivity index is 1.71. The van der Waals surface area contributed by atoms with Crippen molar-refractivity contribution in [3.05, 3.63) is 59.7 Å². The van der Waals surface area contributed by atoms with Gasteiger partial charge in [-0.3, -0.25) is 0 Å². The van der Waals surface area contributed by atoms with E-state index in [1.54, 1.807) is 7.11 Å². The van der Waals surface area contributed by atoms with E-state index in [4.69, 9.17) is 15.2 Å². The number of nitrogens with one attached hydrogen (secondary N) is 1. The zero-order chi connectivity index (χ0) is 19.5. The topological polar surface area (TPSA) is 72.1 Å². The third kappa shape index (κ3) is 8.00. The fourth-order valence-electron chi connectivity index (χ4n) is 2.40. The van der Waals surface area contributed by atoms with Gasteiger partial charge in [-0.15, -0.1) is 0 Å². The molecular formula is C21H30N4O2. The number of rotatable bonds is 10. The van der Waals surface area contributed by atoms with Gasteiger partial charge in [0, 0.05) is 13.1 Å². The van der Waals surface area contributed by atoms with E-state index in [1.807, 2.05) is 50.5 Å². The molecule has 0 atom stereocenters. The lowest BCUT2D eigenvalue weighted by Crippen LogP contribution is -2.33. The van der Waals surface area contributed by atoms with Crippen molar-refractivity contribution in [3.8, 4) is 11.5 Å². The summed E-state index contributed by atoms with van der Waals surface area (Å²) in [5, 5.41) is 3.15. The van der Waals surface area contributed by atoms with Gasteiger partial charge in [0.2, 0.25) is 0 Å². The van der Waals surface area contributed by atoms with Crippen LogP contribution in [0.2, 0.25) is 0 Å². The van der Waals surface area contributed by atoms with Crippen LogP contribution in [0.3, 0.4) is 0 Å². The minimum absolute atomic E-state index is 0.454. The third-order valence-corrected chi connectivity index (χ3v) is 4.04. The summed E-state index contributed by atoms with van der Waals surface area (Å²) >= 11 is 0. The lowest BCUT2D eigenvalue weighted by molar-refractivity contribution is 0.261. The van der Waals surface area contributed by atoms with Crippen molar-refractivity contribution in [3.63, 3.8) is 0 Å². The molecule has 0 fully saturated rings. The maximum absolute atomic E-state index is 5.94. The van der Waals surface area contributed by atoms with Crippen molar-refractivity contribution in [2.24, 2.45) is 10.7 Å². The Morgan fingerprint density at radius 3 is 2.26 bits per heavy atom. The number of benzene rings is 2. The van der Waals surface area contributed by atoms with Gasteiger partial charge in [-0.25, -0.2) is 4.99 Å². The first-order valence-electron chi connectivity index (χ1n) is 9.10. The Kier molecular flexibility index (Phi) is 8.45. The minimum Gasteiger partial charge on any atom is -0.497 e. The van der Waals surface area contributed by atoms with Crippen molar-refractivity contribution < 1.29 is 9.47 Å². The molecule has 0 heterocycles. The van der Waals surface area contributed by atoms with E-state index in [0.717, 1.165) is 36.6 Å². The van der Waals surface area contributed by atoms with Crippen LogP contribution in [0, 0.1) is 0 Å². The molecule has 0 aliphatic carbocycles. The van der Waals surface area contributed by atoms with Gasteiger partial charge in [0.15, 0.2) is 5.96 Å². The molecule has 27 heavy (non-hydrogen) atoms. The highest BCUT2D eigenvalue weighted by atomic mass is 16.5. The zero-order valence-electron chi connectivity index (χ0n) is 16.4. The fourth-order valence-corrected chi connectivity index (χ4v) is 2.40. The smallest absolute Gasteiger partial charge is 0.188 e. The summed E-state index contributed by atoms with van der Waals surface area (Å²) in [6.07, 6.45) is 0.874. The largest absolute Gasteiger partial charge is 0.497 e. The second-order valence-electron chi connectivity index (χ2n) is 6.52. The highest BCUT2D eigenvalue weighted by Crippen LogP contribution is 2.13. The van der Waals surface area contributed by atoms with Crippen LogP contribution >= 0.6 is 0 Å². The Bertz CT molecular complexity index is 697. The van der Waals surface area contributed by atoms with Gasteiger partial charge in [0.1, 0.15) is 18.1 Å². The molecule has 0 aromatic heterocycles. The van der Waals surface area contributed by atoms with E-state index in [2.05, 4.69) is 27.3 Å². The first-order valence-corrected chi connectivity index (χ1v) is 9.10. The summed E-state index contributed by atoms with van der Waals surface area (Å²) in [7, 11) is 5.72. The monoisotopic (exact) mass is 370 g/mol. The quantitative estimate of drug-likeness (QED) is 0.496. The van der Waals surface area contributed by atoms with Gasteiger partial charge in [-0.05, 0) is 55.9 Å². The number of aliphatic imine (C=N–C) groups is 1. The molecule has 0 saturated heterocycles. The summed E-state index contributed by atoms with van der Waals surface area (Å²) in [6.45, 7) is 2.85. The van der Waals surface area contributed by atoms with E-state index in [9.17, 15) is 0 Å². The first kappa shape index (κ1) is 20.6. The second kappa shape index (κ2) is 11.1. The van der Waals surface area contributed by atoms with Crippen LogP contribution in [0.25, 0.3) is 0 Å². The average molecular weight is 370 g/mol. The normalized spacial score (nSPS) is 11.5. The molecule has 0 aliphatic heterocycles. The summed E-state index contributed by atoms with van der Waals surface area (Å²) < 4.78 is 10.8. The number of nitrogens with zero attached hydrogens (tertiary/aromatic N) is 2. The number of nitrogens with two attached hydrogens (primary N) is 1. The van der Waals surface area contributed by atoms with E-state index < -0.39 is 0 Å². The van der Waals surface area contributed by atoms with Crippen LogP contribution in [-0.2, 0) is 13.0 Å². The van der Waals surface area contributed by atoms with Crippen molar-refractivity contribution in [1.82, 2.24) is 10.2 Å². The average Bonchev–Trinajstić information content (AvgIpc) is 2.67. The predicted molar refractivity (Wildman–Crippen MR) is 111 cm³/mol. The third-order valence-electron chi connectivity index (χ3n) is 4.04. The number of hydrogen-bond acceptors (Lipinski definition) is 4. The van der Waals surface area contributed by atoms with E-state index in [1.165, 1.54) is 5.56 Å². The summed E-state index contributed by atoms with van der Waals surface area (Å²) in [5.74, 6) is 2.19. The van der Waals surface area contributed by atoms with Crippen LogP contribution in [0.1, 0.15) is 11.1 Å². The molecule has 2 aromatic rings. The minimum atomic E-state index is 0.454. The molecule has 146 valence electrons. The maximum atomic E-state index is 5.94. The number of guanidine groups is 1. The molecule has 2 rings (SSSR count). The molecule has 0 spiro atoms. The molecule has 0 saturated carbocycles. The zero-order valence-corrected chi connectivity index (χ0v) is 16.4. The maximum Gasteiger partial charge on any atom is 0.188 e. The van der Waals surface area contributed by atoms with Gasteiger partial charge in [0.25, 0.3) is 0 Å². The number of hydrogen-bond donors (Lipinski definition) is 2. The molecule has 6 heteroatoms. The molecule has 0 amide bonds. The predicted octanol–water partition coefficient (Wildman–Crippen LogP) is 2.28. The lowest BCUT2D eigenvalue weighted by atomic mass is 10.1. The van der Waals surface area contributed by atoms with Crippen LogP contribution in [0.5, 0.6) is 11.5 Å². The van der Waals surface area contributed by atoms with Crippen molar-refractivity contribution >= 4 is 5.96 Å². The Morgan fingerprint density at radius 1 is 1.00 bits per heavy atom. The molecular weight excluding hydrogens is 340 g/mol. The van der Waals surface area contributed by atoms with E-state index in [-0.39, 0.29) is 0 Å². The van der Waals surface area contributed by atoms with E-state index >= 15 is 0 Å². The first-order chi connectivity index (χ1) is 13.1. The van der Waals surface area contributed by atoms with Crippen LogP contribution < -0.4 is 20.5 Å². The van der Waals surface area contributed by atoms with Gasteiger partial charge in [0.05, 0.1) is 13.7 Å². The van der Waals surface area contributed by atoms with Gasteiger partial charge < -0.3 is 25.4 Å². The van der Waals surface area contributed by atoms with Gasteiger partial charge >= 0.3 is 0 Å². The van der Waals surface area contributed by atoms with Crippen molar-refractivity contribution in [2.75, 3.05) is 40.9 Å². The molecule has 0 radical (unpaired) electrons. The highest BCUT2D eigenvalue weighted by molar-refractivity contribution is 5.77. The molecule has 6 nitrogen and oxygen atoms in total. The number of methoxy groups -OCH3 is 1. The van der Waals surface area contributed by atoms with Crippen LogP contribution in [0.15, 0.2) is 53.5 Å². The van der Waals surface area contributed by atoms with Gasteiger partial charge in [-0.2, -0.15) is 0 Å². The second-order valence-corrected chi connectivity index (χ2v) is 6.52. The highest BCUT2D eigenvalue weighted by Gasteiger charge is 1.98. The van der Waals surface area contributed by atoms with Crippen molar-refractivity contribution in [1.29, 1.82) is 0 Å². The van der Waals surface area contributed by atoms with Crippen LogP contribution in [0.4, 0.5) is 0 Å². The summed E-state index contributed by atoms with van der Waals surface area (Å²) in [4.78, 5) is 6.47.